The van der Waals surface area contributed by atoms with Gasteiger partial charge < -0.3 is 13.7 Å². The molecule has 0 radical (unpaired) electrons. The molecule has 0 spiro atoms. The third kappa shape index (κ3) is 4.66. The lowest BCUT2D eigenvalue weighted by Crippen LogP contribution is -2.12. The Labute approximate surface area is 271 Å². The molecular weight excluding hydrogens is 576 g/mol. The highest BCUT2D eigenvalue weighted by Crippen LogP contribution is 2.50. The largest absolute Gasteiger partial charge is 0.456 e. The smallest absolute Gasteiger partial charge is 0.227 e. The molecule has 2 heterocycles. The highest BCUT2D eigenvalue weighted by molar-refractivity contribution is 6.21. The van der Waals surface area contributed by atoms with Crippen LogP contribution < -0.4 is 4.90 Å². The van der Waals surface area contributed by atoms with Gasteiger partial charge in [-0.1, -0.05) is 121 Å². The van der Waals surface area contributed by atoms with Crippen LogP contribution in [-0.4, -0.2) is 4.98 Å². The Balaban J connectivity index is 1.41. The second kappa shape index (κ2) is 11.2. The molecule has 7 aromatic carbocycles. The van der Waals surface area contributed by atoms with Gasteiger partial charge in [0.25, 0.3) is 0 Å². The van der Waals surface area contributed by atoms with Crippen molar-refractivity contribution in [3.05, 3.63) is 170 Å². The fourth-order valence-electron chi connectivity index (χ4n) is 6.52. The molecule has 0 atom stereocenters. The number of oxazole rings is 1. The van der Waals surface area contributed by atoms with E-state index in [0.29, 0.717) is 11.5 Å². The summed E-state index contributed by atoms with van der Waals surface area (Å²) in [4.78, 5) is 7.53. The molecule has 0 saturated carbocycles. The lowest BCUT2D eigenvalue weighted by atomic mass is 9.95. The summed E-state index contributed by atoms with van der Waals surface area (Å²) in [5, 5.41) is 2.00. The van der Waals surface area contributed by atoms with E-state index in [1.807, 2.05) is 54.6 Å². The van der Waals surface area contributed by atoms with Crippen molar-refractivity contribution in [2.75, 3.05) is 4.90 Å². The van der Waals surface area contributed by atoms with E-state index >= 15 is 0 Å². The van der Waals surface area contributed by atoms with E-state index in [9.17, 15) is 0 Å². The maximum absolute atomic E-state index is 6.52. The number of para-hydroxylation sites is 2. The van der Waals surface area contributed by atoms with Crippen LogP contribution in [0.2, 0.25) is 0 Å². The molecule has 0 aliphatic heterocycles. The van der Waals surface area contributed by atoms with Gasteiger partial charge in [-0.05, 0) is 59.2 Å². The average molecular weight is 605 g/mol. The molecule has 2 aromatic heterocycles. The number of aromatic nitrogens is 1. The Morgan fingerprint density at radius 3 is 1.79 bits per heavy atom. The number of furan rings is 1. The molecule has 4 heteroatoms. The number of benzene rings is 7. The zero-order valence-corrected chi connectivity index (χ0v) is 25.4. The van der Waals surface area contributed by atoms with Crippen LogP contribution in [0.15, 0.2) is 179 Å². The molecule has 47 heavy (non-hydrogen) atoms. The lowest BCUT2D eigenvalue weighted by Gasteiger charge is -2.29. The summed E-state index contributed by atoms with van der Waals surface area (Å²) < 4.78 is 13.0. The number of rotatable bonds is 6. The van der Waals surface area contributed by atoms with Gasteiger partial charge in [0, 0.05) is 28.3 Å². The van der Waals surface area contributed by atoms with E-state index in [1.54, 1.807) is 0 Å². The first-order chi connectivity index (χ1) is 23.3. The van der Waals surface area contributed by atoms with Crippen LogP contribution in [0.5, 0.6) is 0 Å². The quantitative estimate of drug-likeness (QED) is 0.189. The van der Waals surface area contributed by atoms with Crippen LogP contribution in [0.25, 0.3) is 66.7 Å². The summed E-state index contributed by atoms with van der Waals surface area (Å²) >= 11 is 0. The molecule has 0 amide bonds. The third-order valence-electron chi connectivity index (χ3n) is 8.69. The van der Waals surface area contributed by atoms with Crippen LogP contribution in [0.1, 0.15) is 0 Å². The number of anilines is 3. The molecule has 0 N–H and O–H groups in total. The fraction of sp³-hybridized carbons (Fsp3) is 0. The summed E-state index contributed by atoms with van der Waals surface area (Å²) in [6.07, 6.45) is 0. The fourth-order valence-corrected chi connectivity index (χ4v) is 6.52. The maximum Gasteiger partial charge on any atom is 0.227 e. The van der Waals surface area contributed by atoms with E-state index in [-0.39, 0.29) is 0 Å². The Morgan fingerprint density at radius 1 is 0.447 bits per heavy atom. The Hall–Kier alpha value is -6.39. The van der Waals surface area contributed by atoms with Gasteiger partial charge in [0.2, 0.25) is 5.89 Å². The summed E-state index contributed by atoms with van der Waals surface area (Å²) in [5.41, 5.74) is 11.3. The lowest BCUT2D eigenvalue weighted by molar-refractivity contribution is 0.617. The van der Waals surface area contributed by atoms with Gasteiger partial charge in [0.15, 0.2) is 5.58 Å². The monoisotopic (exact) mass is 604 g/mol. The summed E-state index contributed by atoms with van der Waals surface area (Å²) in [6.45, 7) is 0. The molecule has 0 saturated heterocycles. The summed E-state index contributed by atoms with van der Waals surface area (Å²) in [5.74, 6) is 0.564. The van der Waals surface area contributed by atoms with Crippen molar-refractivity contribution >= 4 is 50.1 Å². The van der Waals surface area contributed by atoms with Gasteiger partial charge in [-0.15, -0.1) is 0 Å². The minimum atomic E-state index is 0.564. The molecule has 4 nitrogen and oxygen atoms in total. The molecule has 0 unspecified atom stereocenters. The molecule has 0 bridgehead atoms. The maximum atomic E-state index is 6.52. The third-order valence-corrected chi connectivity index (χ3v) is 8.69. The minimum Gasteiger partial charge on any atom is -0.456 e. The first kappa shape index (κ1) is 27.0. The predicted molar refractivity (Wildman–Crippen MR) is 192 cm³/mol. The van der Waals surface area contributed by atoms with Gasteiger partial charge in [0.1, 0.15) is 16.7 Å². The van der Waals surface area contributed by atoms with E-state index in [1.165, 1.54) is 0 Å². The zero-order valence-electron chi connectivity index (χ0n) is 25.4. The Kier molecular flexibility index (Phi) is 6.43. The van der Waals surface area contributed by atoms with Crippen molar-refractivity contribution < 1.29 is 8.83 Å². The van der Waals surface area contributed by atoms with E-state index < -0.39 is 0 Å². The highest BCUT2D eigenvalue weighted by Gasteiger charge is 2.27. The normalized spacial score (nSPS) is 11.4. The van der Waals surface area contributed by atoms with Crippen LogP contribution in [0.4, 0.5) is 17.1 Å². The van der Waals surface area contributed by atoms with Crippen LogP contribution in [-0.2, 0) is 0 Å². The summed E-state index contributed by atoms with van der Waals surface area (Å²) in [6, 6.07) is 58.5. The van der Waals surface area contributed by atoms with Gasteiger partial charge in [-0.3, -0.25) is 0 Å². The molecule has 0 aliphatic carbocycles. The summed E-state index contributed by atoms with van der Waals surface area (Å²) in [7, 11) is 0. The second-order valence-electron chi connectivity index (χ2n) is 11.6. The van der Waals surface area contributed by atoms with Gasteiger partial charge in [0.05, 0.1) is 16.8 Å². The SMILES string of the molecule is c1ccc(-c2ccc(N(c3ccccc3)c3c4nc(-c5ccccc5)oc4cc4oc5ccccc5c34)c(-c3ccccc3)c2)cc1. The van der Waals surface area contributed by atoms with Crippen molar-refractivity contribution in [2.45, 2.75) is 0 Å². The topological polar surface area (TPSA) is 42.4 Å². The first-order valence-corrected chi connectivity index (χ1v) is 15.7. The van der Waals surface area contributed by atoms with Crippen molar-refractivity contribution in [3.63, 3.8) is 0 Å². The van der Waals surface area contributed by atoms with Crippen molar-refractivity contribution in [1.29, 1.82) is 0 Å². The van der Waals surface area contributed by atoms with Crippen LogP contribution >= 0.6 is 0 Å². The zero-order chi connectivity index (χ0) is 31.2. The standard InChI is InChI=1S/C43H28N2O2/c1-5-15-29(16-6-1)32-25-26-36(35(27-32)30-17-7-2-8-18-30)45(33-21-11-4-12-22-33)42-40-34-23-13-14-24-37(34)46-38(40)28-39-41(42)44-43(47-39)31-19-9-3-10-20-31/h1-28H. The molecule has 0 fully saturated rings. The first-order valence-electron chi connectivity index (χ1n) is 15.7. The predicted octanol–water partition coefficient (Wildman–Crippen LogP) is 12.2. The second-order valence-corrected chi connectivity index (χ2v) is 11.6. The van der Waals surface area contributed by atoms with E-state index in [2.05, 4.69) is 120 Å². The van der Waals surface area contributed by atoms with Crippen LogP contribution in [0.3, 0.4) is 0 Å². The molecule has 222 valence electrons. The van der Waals surface area contributed by atoms with Crippen molar-refractivity contribution in [2.24, 2.45) is 0 Å². The number of fused-ring (bicyclic) bond motifs is 4. The van der Waals surface area contributed by atoms with Gasteiger partial charge in [-0.2, -0.15) is 0 Å². The van der Waals surface area contributed by atoms with Crippen molar-refractivity contribution in [3.8, 4) is 33.7 Å². The van der Waals surface area contributed by atoms with Crippen LogP contribution in [0, 0.1) is 0 Å². The molecular formula is C43H28N2O2. The Bertz CT molecular complexity index is 2500. The van der Waals surface area contributed by atoms with Gasteiger partial charge in [-0.25, -0.2) is 4.98 Å². The Morgan fingerprint density at radius 2 is 1.06 bits per heavy atom. The van der Waals surface area contributed by atoms with E-state index in [4.69, 9.17) is 13.8 Å². The average Bonchev–Trinajstić information content (AvgIpc) is 3.75. The number of hydrogen-bond acceptors (Lipinski definition) is 4. The molecule has 0 aliphatic rings. The van der Waals surface area contributed by atoms with Crippen molar-refractivity contribution in [1.82, 2.24) is 4.98 Å². The van der Waals surface area contributed by atoms with E-state index in [0.717, 1.165) is 72.3 Å². The molecule has 9 aromatic rings. The van der Waals surface area contributed by atoms with Gasteiger partial charge >= 0.3 is 0 Å². The number of nitrogens with zero attached hydrogens (tertiary/aromatic N) is 2. The minimum absolute atomic E-state index is 0.564. The highest BCUT2D eigenvalue weighted by atomic mass is 16.4. The number of hydrogen-bond donors (Lipinski definition) is 0. The molecule has 9 rings (SSSR count).